The van der Waals surface area contributed by atoms with Crippen molar-refractivity contribution >= 4 is 5.91 Å². The Bertz CT molecular complexity index is 293. The fourth-order valence-electron chi connectivity index (χ4n) is 2.92. The summed E-state index contributed by atoms with van der Waals surface area (Å²) < 4.78 is 5.76. The van der Waals surface area contributed by atoms with Gasteiger partial charge in [0, 0.05) is 7.05 Å². The maximum atomic E-state index is 12.1. The van der Waals surface area contributed by atoms with E-state index in [0.29, 0.717) is 11.8 Å². The molecule has 1 N–H and O–H groups in total. The summed E-state index contributed by atoms with van der Waals surface area (Å²) in [7, 11) is 1.76. The molecular weight excluding hydrogens is 254 g/mol. The van der Waals surface area contributed by atoms with Crippen LogP contribution >= 0.6 is 0 Å². The number of ether oxygens (including phenoxy) is 1. The molecule has 1 rings (SSSR count). The summed E-state index contributed by atoms with van der Waals surface area (Å²) in [6.45, 7) is 6.60. The molecule has 118 valence electrons. The smallest absolute Gasteiger partial charge is 0.248 e. The first-order valence-corrected chi connectivity index (χ1v) is 7.92. The zero-order valence-corrected chi connectivity index (χ0v) is 13.5. The lowest BCUT2D eigenvalue weighted by atomic mass is 9.89. The summed E-state index contributed by atoms with van der Waals surface area (Å²) >= 11 is 0. The van der Waals surface area contributed by atoms with E-state index in [4.69, 9.17) is 4.74 Å². The number of amides is 1. The van der Waals surface area contributed by atoms with Crippen LogP contribution in [0.5, 0.6) is 0 Å². The van der Waals surface area contributed by atoms with Crippen molar-refractivity contribution in [1.29, 1.82) is 0 Å². The highest BCUT2D eigenvalue weighted by molar-refractivity contribution is 5.77. The normalized spacial score (nSPS) is 24.7. The van der Waals surface area contributed by atoms with Crippen LogP contribution in [0.2, 0.25) is 0 Å². The van der Waals surface area contributed by atoms with Gasteiger partial charge in [0.2, 0.25) is 5.91 Å². The molecule has 1 aliphatic carbocycles. The van der Waals surface area contributed by atoms with Gasteiger partial charge in [-0.05, 0) is 31.1 Å². The third kappa shape index (κ3) is 5.80. The van der Waals surface area contributed by atoms with Crippen LogP contribution in [0, 0.1) is 11.8 Å². The van der Waals surface area contributed by atoms with Crippen molar-refractivity contribution in [2.45, 2.75) is 65.0 Å². The van der Waals surface area contributed by atoms with Crippen molar-refractivity contribution in [3.8, 4) is 0 Å². The summed E-state index contributed by atoms with van der Waals surface area (Å²) in [6.07, 6.45) is 5.65. The summed E-state index contributed by atoms with van der Waals surface area (Å²) in [5.41, 5.74) is 0. The summed E-state index contributed by atoms with van der Waals surface area (Å²) in [6, 6.07) is -0.101. The summed E-state index contributed by atoms with van der Waals surface area (Å²) in [5.74, 6) is 1.14. The molecule has 4 heteroatoms. The fraction of sp³-hybridized carbons (Fsp3) is 0.938. The van der Waals surface area contributed by atoms with Crippen LogP contribution in [0.1, 0.15) is 52.9 Å². The molecule has 1 fully saturated rings. The average molecular weight is 285 g/mol. The van der Waals surface area contributed by atoms with E-state index < -0.39 is 0 Å². The molecule has 1 saturated carbocycles. The number of likely N-dealkylation sites (N-methyl/N-ethyl adjacent to an activating group) is 1. The van der Waals surface area contributed by atoms with Crippen LogP contribution < -0.4 is 0 Å². The van der Waals surface area contributed by atoms with Crippen molar-refractivity contribution in [3.63, 3.8) is 0 Å². The first kappa shape index (κ1) is 17.4. The van der Waals surface area contributed by atoms with Crippen LogP contribution in [0.3, 0.4) is 0 Å². The maximum Gasteiger partial charge on any atom is 0.248 e. The Labute approximate surface area is 123 Å². The van der Waals surface area contributed by atoms with Crippen molar-refractivity contribution in [2.24, 2.45) is 11.8 Å². The number of aliphatic hydroxyl groups excluding tert-OH is 1. The lowest BCUT2D eigenvalue weighted by Gasteiger charge is -2.30. The monoisotopic (exact) mass is 285 g/mol. The molecule has 3 atom stereocenters. The molecule has 0 spiro atoms. The summed E-state index contributed by atoms with van der Waals surface area (Å²) in [5, 5.41) is 9.41. The molecule has 20 heavy (non-hydrogen) atoms. The van der Waals surface area contributed by atoms with Crippen LogP contribution in [0.15, 0.2) is 0 Å². The van der Waals surface area contributed by atoms with Crippen LogP contribution in [-0.2, 0) is 9.53 Å². The van der Waals surface area contributed by atoms with E-state index in [-0.39, 0.29) is 31.3 Å². The van der Waals surface area contributed by atoms with Gasteiger partial charge in [0.05, 0.1) is 18.8 Å². The molecule has 0 saturated heterocycles. The number of carbonyl (C=O) groups is 1. The van der Waals surface area contributed by atoms with Gasteiger partial charge in [-0.3, -0.25) is 4.79 Å². The quantitative estimate of drug-likeness (QED) is 0.781. The SMILES string of the molecule is CC(C)CC(CO)N(C)C(=O)COC1CCCC(C)C1. The minimum atomic E-state index is -0.101. The van der Waals surface area contributed by atoms with E-state index in [0.717, 1.165) is 19.3 Å². The molecule has 0 bridgehead atoms. The highest BCUT2D eigenvalue weighted by Crippen LogP contribution is 2.25. The van der Waals surface area contributed by atoms with Gasteiger partial charge < -0.3 is 14.7 Å². The van der Waals surface area contributed by atoms with E-state index in [1.165, 1.54) is 12.8 Å². The predicted molar refractivity (Wildman–Crippen MR) is 80.5 cm³/mol. The third-order valence-corrected chi connectivity index (χ3v) is 4.23. The van der Waals surface area contributed by atoms with Gasteiger partial charge in [-0.25, -0.2) is 0 Å². The number of rotatable bonds is 7. The molecule has 4 nitrogen and oxygen atoms in total. The van der Waals surface area contributed by atoms with Gasteiger partial charge in [-0.15, -0.1) is 0 Å². The Kier molecular flexibility index (Phi) is 7.52. The highest BCUT2D eigenvalue weighted by Gasteiger charge is 2.23. The Morgan fingerprint density at radius 3 is 2.65 bits per heavy atom. The number of nitrogens with zero attached hydrogens (tertiary/aromatic N) is 1. The van der Waals surface area contributed by atoms with Gasteiger partial charge in [0.15, 0.2) is 0 Å². The van der Waals surface area contributed by atoms with E-state index in [1.54, 1.807) is 11.9 Å². The van der Waals surface area contributed by atoms with Gasteiger partial charge >= 0.3 is 0 Å². The van der Waals surface area contributed by atoms with Gasteiger partial charge in [-0.2, -0.15) is 0 Å². The second-order valence-electron chi connectivity index (χ2n) is 6.68. The second-order valence-corrected chi connectivity index (χ2v) is 6.68. The van der Waals surface area contributed by atoms with E-state index in [2.05, 4.69) is 20.8 Å². The van der Waals surface area contributed by atoms with Crippen molar-refractivity contribution in [1.82, 2.24) is 4.90 Å². The minimum Gasteiger partial charge on any atom is -0.394 e. The van der Waals surface area contributed by atoms with Crippen LogP contribution in [0.4, 0.5) is 0 Å². The second kappa shape index (κ2) is 8.63. The molecular formula is C16H31NO3. The van der Waals surface area contributed by atoms with Crippen LogP contribution in [0.25, 0.3) is 0 Å². The maximum absolute atomic E-state index is 12.1. The lowest BCUT2D eigenvalue weighted by Crippen LogP contribution is -2.42. The Balaban J connectivity index is 2.36. The topological polar surface area (TPSA) is 49.8 Å². The molecule has 0 aromatic heterocycles. The zero-order valence-electron chi connectivity index (χ0n) is 13.5. The van der Waals surface area contributed by atoms with Gasteiger partial charge in [0.1, 0.15) is 6.61 Å². The lowest BCUT2D eigenvalue weighted by molar-refractivity contribution is -0.141. The van der Waals surface area contributed by atoms with E-state index in [1.807, 2.05) is 0 Å². The van der Waals surface area contributed by atoms with Crippen LogP contribution in [-0.4, -0.2) is 48.3 Å². The van der Waals surface area contributed by atoms with E-state index in [9.17, 15) is 9.90 Å². The van der Waals surface area contributed by atoms with E-state index >= 15 is 0 Å². The fourth-order valence-corrected chi connectivity index (χ4v) is 2.92. The predicted octanol–water partition coefficient (Wildman–Crippen LogP) is 2.45. The number of aliphatic hydroxyl groups is 1. The first-order chi connectivity index (χ1) is 9.43. The molecule has 0 radical (unpaired) electrons. The Morgan fingerprint density at radius 2 is 2.10 bits per heavy atom. The van der Waals surface area contributed by atoms with Gasteiger partial charge in [0.25, 0.3) is 0 Å². The molecule has 0 aromatic rings. The molecule has 1 aliphatic rings. The Morgan fingerprint density at radius 1 is 1.40 bits per heavy atom. The van der Waals surface area contributed by atoms with Crippen molar-refractivity contribution in [2.75, 3.05) is 20.3 Å². The zero-order chi connectivity index (χ0) is 15.1. The molecule has 0 heterocycles. The highest BCUT2D eigenvalue weighted by atomic mass is 16.5. The third-order valence-electron chi connectivity index (χ3n) is 4.23. The average Bonchev–Trinajstić information content (AvgIpc) is 2.41. The number of hydrogen-bond acceptors (Lipinski definition) is 3. The van der Waals surface area contributed by atoms with Crippen molar-refractivity contribution in [3.05, 3.63) is 0 Å². The number of carbonyl (C=O) groups excluding carboxylic acids is 1. The summed E-state index contributed by atoms with van der Waals surface area (Å²) in [4.78, 5) is 13.8. The molecule has 1 amide bonds. The largest absolute Gasteiger partial charge is 0.394 e. The Hall–Kier alpha value is -0.610. The molecule has 0 aromatic carbocycles. The molecule has 3 unspecified atom stereocenters. The number of hydrogen-bond donors (Lipinski definition) is 1. The first-order valence-electron chi connectivity index (χ1n) is 7.92. The van der Waals surface area contributed by atoms with Gasteiger partial charge in [-0.1, -0.05) is 33.6 Å². The minimum absolute atomic E-state index is 0.0148. The molecule has 0 aliphatic heterocycles. The standard InChI is InChI=1S/C16H31NO3/c1-12(2)8-14(10-18)17(4)16(19)11-20-15-7-5-6-13(3)9-15/h12-15,18H,5-11H2,1-4H3. The van der Waals surface area contributed by atoms with Crippen molar-refractivity contribution < 1.29 is 14.6 Å².